The van der Waals surface area contributed by atoms with E-state index in [2.05, 4.69) is 5.32 Å². The van der Waals surface area contributed by atoms with Crippen molar-refractivity contribution >= 4 is 46.0 Å². The molecule has 2 heterocycles. The number of carbonyl (C=O) groups excluding carboxylic acids is 3. The summed E-state index contributed by atoms with van der Waals surface area (Å²) in [4.78, 5) is 50.5. The van der Waals surface area contributed by atoms with Crippen molar-refractivity contribution in [2.75, 3.05) is 20.2 Å². The fraction of sp³-hybridized carbons (Fsp3) is 0.182. The zero-order valence-electron chi connectivity index (χ0n) is 17.1. The molecule has 1 aliphatic rings. The lowest BCUT2D eigenvalue weighted by atomic mass is 10.2. The van der Waals surface area contributed by atoms with Crippen molar-refractivity contribution in [3.8, 4) is 5.75 Å². The van der Waals surface area contributed by atoms with Crippen LogP contribution in [0.4, 0.5) is 4.79 Å². The number of nitrogens with zero attached hydrogens (tertiary/aromatic N) is 2. The Morgan fingerprint density at radius 3 is 2.62 bits per heavy atom. The van der Waals surface area contributed by atoms with Gasteiger partial charge in [-0.1, -0.05) is 24.3 Å². The van der Waals surface area contributed by atoms with E-state index in [-0.39, 0.29) is 19.6 Å². The predicted molar refractivity (Wildman–Crippen MR) is 119 cm³/mol. The molecule has 3 aromatic rings. The van der Waals surface area contributed by atoms with Gasteiger partial charge in [0.05, 0.1) is 17.5 Å². The summed E-state index contributed by atoms with van der Waals surface area (Å²) in [6.45, 7) is -0.135. The number of benzene rings is 2. The summed E-state index contributed by atoms with van der Waals surface area (Å²) in [5.74, 6) is -0.783. The highest BCUT2D eigenvalue weighted by Gasteiger charge is 2.34. The Hall–Kier alpha value is -3.79. The van der Waals surface area contributed by atoms with Crippen molar-refractivity contribution < 1.29 is 23.5 Å². The summed E-state index contributed by atoms with van der Waals surface area (Å²) in [7, 11) is 1.56. The maximum atomic E-state index is 12.6. The highest BCUT2D eigenvalue weighted by Crippen LogP contribution is 2.32. The van der Waals surface area contributed by atoms with Gasteiger partial charge in [0.2, 0.25) is 5.91 Å². The van der Waals surface area contributed by atoms with Crippen molar-refractivity contribution in [2.24, 2.45) is 0 Å². The summed E-state index contributed by atoms with van der Waals surface area (Å²) in [6.07, 6.45) is 1.64. The quantitative estimate of drug-likeness (QED) is 0.547. The Morgan fingerprint density at radius 1 is 1.12 bits per heavy atom. The maximum Gasteiger partial charge on any atom is 0.420 e. The Kier molecular flexibility index (Phi) is 6.13. The number of carbonyl (C=O) groups is 3. The van der Waals surface area contributed by atoms with Crippen LogP contribution < -0.4 is 15.8 Å². The second kappa shape index (κ2) is 9.15. The predicted octanol–water partition coefficient (Wildman–Crippen LogP) is 2.46. The van der Waals surface area contributed by atoms with Crippen LogP contribution in [-0.2, 0) is 16.1 Å². The molecule has 1 aliphatic heterocycles. The van der Waals surface area contributed by atoms with E-state index in [1.807, 2.05) is 0 Å². The molecular formula is C22H19N3O6S. The molecule has 4 rings (SSSR count). The van der Waals surface area contributed by atoms with E-state index in [4.69, 9.17) is 9.15 Å². The van der Waals surface area contributed by atoms with Crippen LogP contribution in [0.15, 0.2) is 62.6 Å². The standard InChI is InChI=1S/C22H19N3O6S/c1-30-15-8-6-14(7-9-15)12-18-20(27)24(22(29)32-18)11-10-23-19(26)13-25-16-4-2-3-5-17(16)31-21(25)28/h2-9,12H,10-11,13H2,1H3,(H,23,26). The Labute approximate surface area is 186 Å². The molecule has 164 valence electrons. The average Bonchev–Trinajstić information content (AvgIpc) is 3.24. The average molecular weight is 453 g/mol. The lowest BCUT2D eigenvalue weighted by molar-refractivity contribution is -0.124. The number of nitrogens with one attached hydrogen (secondary N) is 1. The molecule has 1 fully saturated rings. The normalized spacial score (nSPS) is 15.0. The van der Waals surface area contributed by atoms with E-state index in [9.17, 15) is 19.2 Å². The van der Waals surface area contributed by atoms with Crippen LogP contribution in [0, 0.1) is 0 Å². The van der Waals surface area contributed by atoms with Gasteiger partial charge in [0.25, 0.3) is 11.1 Å². The first-order chi connectivity index (χ1) is 15.5. The van der Waals surface area contributed by atoms with Crippen LogP contribution >= 0.6 is 11.8 Å². The Balaban J connectivity index is 1.34. The largest absolute Gasteiger partial charge is 0.497 e. The first kappa shape index (κ1) is 21.4. The number of para-hydroxylation sites is 2. The van der Waals surface area contributed by atoms with Gasteiger partial charge in [-0.05, 0) is 47.7 Å². The molecule has 0 spiro atoms. The minimum atomic E-state index is -0.629. The summed E-state index contributed by atoms with van der Waals surface area (Å²) in [5.41, 5.74) is 1.68. The van der Waals surface area contributed by atoms with Crippen LogP contribution in [0.2, 0.25) is 0 Å². The summed E-state index contributed by atoms with van der Waals surface area (Å²) >= 11 is 0.849. The molecule has 1 saturated heterocycles. The number of methoxy groups -OCH3 is 1. The Bertz CT molecular complexity index is 1270. The monoisotopic (exact) mass is 453 g/mol. The van der Waals surface area contributed by atoms with Gasteiger partial charge in [-0.2, -0.15) is 0 Å². The van der Waals surface area contributed by atoms with Gasteiger partial charge in [-0.15, -0.1) is 0 Å². The van der Waals surface area contributed by atoms with Crippen LogP contribution in [0.25, 0.3) is 17.2 Å². The van der Waals surface area contributed by atoms with Crippen molar-refractivity contribution in [3.63, 3.8) is 0 Å². The number of amides is 3. The van der Waals surface area contributed by atoms with Crippen molar-refractivity contribution in [1.82, 2.24) is 14.8 Å². The third-order valence-corrected chi connectivity index (χ3v) is 5.73. The van der Waals surface area contributed by atoms with Gasteiger partial charge in [-0.3, -0.25) is 23.9 Å². The van der Waals surface area contributed by atoms with Crippen molar-refractivity contribution in [1.29, 1.82) is 0 Å². The number of ether oxygens (including phenoxy) is 1. The molecule has 0 bridgehead atoms. The molecule has 9 nitrogen and oxygen atoms in total. The summed E-state index contributed by atoms with van der Waals surface area (Å²) in [5, 5.41) is 2.23. The number of rotatable bonds is 7. The smallest absolute Gasteiger partial charge is 0.420 e. The van der Waals surface area contributed by atoms with Gasteiger partial charge < -0.3 is 14.5 Å². The molecule has 0 radical (unpaired) electrons. The van der Waals surface area contributed by atoms with E-state index in [1.165, 1.54) is 4.57 Å². The second-order valence-corrected chi connectivity index (χ2v) is 7.87. The fourth-order valence-electron chi connectivity index (χ4n) is 3.21. The molecule has 0 aliphatic carbocycles. The van der Waals surface area contributed by atoms with E-state index in [1.54, 1.807) is 61.7 Å². The van der Waals surface area contributed by atoms with Crippen molar-refractivity contribution in [3.05, 3.63) is 69.6 Å². The molecule has 0 unspecified atom stereocenters. The van der Waals surface area contributed by atoms with Crippen LogP contribution in [0.1, 0.15) is 5.56 Å². The first-order valence-electron chi connectivity index (χ1n) is 9.71. The number of fused-ring (bicyclic) bond motifs is 1. The molecule has 2 aromatic carbocycles. The summed E-state index contributed by atoms with van der Waals surface area (Å²) < 4.78 is 11.4. The van der Waals surface area contributed by atoms with Gasteiger partial charge in [0.1, 0.15) is 12.3 Å². The van der Waals surface area contributed by atoms with Gasteiger partial charge in [0, 0.05) is 13.1 Å². The minimum absolute atomic E-state index is 0.0252. The number of aromatic nitrogens is 1. The van der Waals surface area contributed by atoms with Crippen LogP contribution in [0.5, 0.6) is 5.75 Å². The highest BCUT2D eigenvalue weighted by atomic mass is 32.2. The van der Waals surface area contributed by atoms with Gasteiger partial charge in [-0.25, -0.2) is 4.79 Å². The molecular weight excluding hydrogens is 434 g/mol. The number of imide groups is 1. The van der Waals surface area contributed by atoms with E-state index in [0.29, 0.717) is 21.8 Å². The molecule has 32 heavy (non-hydrogen) atoms. The number of hydrogen-bond acceptors (Lipinski definition) is 7. The second-order valence-electron chi connectivity index (χ2n) is 6.88. The molecule has 10 heteroatoms. The number of oxazole rings is 1. The first-order valence-corrected chi connectivity index (χ1v) is 10.5. The third kappa shape index (κ3) is 4.45. The minimum Gasteiger partial charge on any atom is -0.497 e. The lowest BCUT2D eigenvalue weighted by Crippen LogP contribution is -2.39. The third-order valence-electron chi connectivity index (χ3n) is 4.82. The lowest BCUT2D eigenvalue weighted by Gasteiger charge is -2.13. The van der Waals surface area contributed by atoms with Crippen LogP contribution in [0.3, 0.4) is 0 Å². The van der Waals surface area contributed by atoms with Crippen LogP contribution in [-0.4, -0.2) is 46.7 Å². The van der Waals surface area contributed by atoms with Gasteiger partial charge >= 0.3 is 5.76 Å². The highest BCUT2D eigenvalue weighted by molar-refractivity contribution is 8.18. The molecule has 1 N–H and O–H groups in total. The SMILES string of the molecule is COc1ccc(C=C2SC(=O)N(CCNC(=O)Cn3c(=O)oc4ccccc43)C2=O)cc1. The zero-order chi connectivity index (χ0) is 22.7. The Morgan fingerprint density at radius 2 is 1.88 bits per heavy atom. The topological polar surface area (TPSA) is 111 Å². The molecule has 0 saturated carbocycles. The van der Waals surface area contributed by atoms with E-state index in [0.717, 1.165) is 22.2 Å². The molecule has 0 atom stereocenters. The van der Waals surface area contributed by atoms with E-state index >= 15 is 0 Å². The molecule has 3 amide bonds. The van der Waals surface area contributed by atoms with Crippen molar-refractivity contribution in [2.45, 2.75) is 6.54 Å². The zero-order valence-corrected chi connectivity index (χ0v) is 17.9. The maximum absolute atomic E-state index is 12.6. The van der Waals surface area contributed by atoms with E-state index < -0.39 is 22.8 Å². The molecule has 1 aromatic heterocycles. The fourth-order valence-corrected chi connectivity index (χ4v) is 4.08. The number of hydrogen-bond donors (Lipinski definition) is 1. The number of thioether (sulfide) groups is 1. The van der Waals surface area contributed by atoms with Gasteiger partial charge in [0.15, 0.2) is 5.58 Å². The summed E-state index contributed by atoms with van der Waals surface area (Å²) in [6, 6.07) is 13.9.